The lowest BCUT2D eigenvalue weighted by Gasteiger charge is -2.35. The summed E-state index contributed by atoms with van der Waals surface area (Å²) < 4.78 is 0. The number of piperidine rings is 1. The third kappa shape index (κ3) is 2.22. The number of hydrogen-bond acceptors (Lipinski definition) is 4. The van der Waals surface area contributed by atoms with Gasteiger partial charge in [-0.1, -0.05) is 0 Å². The van der Waals surface area contributed by atoms with E-state index in [0.717, 1.165) is 17.4 Å². The Labute approximate surface area is 102 Å². The van der Waals surface area contributed by atoms with Gasteiger partial charge in [-0.3, -0.25) is 4.98 Å². The fraction of sp³-hybridized carbons (Fsp3) is 0.615. The van der Waals surface area contributed by atoms with E-state index in [0.29, 0.717) is 6.04 Å². The topological polar surface area (TPSA) is 54.2 Å². The first-order valence-corrected chi connectivity index (χ1v) is 6.53. The van der Waals surface area contributed by atoms with Gasteiger partial charge in [0.2, 0.25) is 0 Å². The van der Waals surface area contributed by atoms with Crippen molar-refractivity contribution >= 4 is 11.4 Å². The third-order valence-electron chi connectivity index (χ3n) is 4.03. The van der Waals surface area contributed by atoms with Crippen molar-refractivity contribution in [2.75, 3.05) is 24.1 Å². The standard InChI is InChI=1S/C13H20N4/c14-12-9-15-5-3-13(12)16-10-4-7-17-6-1-2-11(17)8-10/h3,5,9-11H,1-2,4,6-8,14H2,(H,15,16). The van der Waals surface area contributed by atoms with Crippen molar-refractivity contribution in [2.45, 2.75) is 37.8 Å². The molecule has 2 aliphatic heterocycles. The lowest BCUT2D eigenvalue weighted by atomic mass is 9.97. The molecule has 0 aliphatic carbocycles. The van der Waals surface area contributed by atoms with Gasteiger partial charge in [-0.25, -0.2) is 0 Å². The van der Waals surface area contributed by atoms with Crippen molar-refractivity contribution < 1.29 is 0 Å². The molecule has 2 saturated heterocycles. The molecule has 2 unspecified atom stereocenters. The van der Waals surface area contributed by atoms with Gasteiger partial charge in [0.05, 0.1) is 17.6 Å². The van der Waals surface area contributed by atoms with Crippen molar-refractivity contribution in [2.24, 2.45) is 0 Å². The molecule has 0 amide bonds. The van der Waals surface area contributed by atoms with Crippen LogP contribution in [0.5, 0.6) is 0 Å². The highest BCUT2D eigenvalue weighted by molar-refractivity contribution is 5.64. The Hall–Kier alpha value is -1.29. The monoisotopic (exact) mass is 232 g/mol. The van der Waals surface area contributed by atoms with Gasteiger partial charge in [0, 0.05) is 24.8 Å². The predicted molar refractivity (Wildman–Crippen MR) is 69.9 cm³/mol. The summed E-state index contributed by atoms with van der Waals surface area (Å²) in [6, 6.07) is 3.33. The van der Waals surface area contributed by atoms with Crippen LogP contribution in [0.4, 0.5) is 11.4 Å². The zero-order valence-electron chi connectivity index (χ0n) is 10.1. The van der Waals surface area contributed by atoms with Crippen molar-refractivity contribution in [3.8, 4) is 0 Å². The third-order valence-corrected chi connectivity index (χ3v) is 4.03. The molecule has 0 bridgehead atoms. The molecule has 0 radical (unpaired) electrons. The van der Waals surface area contributed by atoms with E-state index in [1.807, 2.05) is 6.07 Å². The van der Waals surface area contributed by atoms with Crippen molar-refractivity contribution in [3.05, 3.63) is 18.5 Å². The predicted octanol–water partition coefficient (Wildman–Crippen LogP) is 1.70. The molecule has 17 heavy (non-hydrogen) atoms. The normalized spacial score (nSPS) is 28.9. The number of hydrogen-bond donors (Lipinski definition) is 2. The van der Waals surface area contributed by atoms with E-state index in [9.17, 15) is 0 Å². The van der Waals surface area contributed by atoms with Crippen LogP contribution < -0.4 is 11.1 Å². The van der Waals surface area contributed by atoms with Crippen molar-refractivity contribution in [3.63, 3.8) is 0 Å². The maximum atomic E-state index is 5.91. The van der Waals surface area contributed by atoms with E-state index < -0.39 is 0 Å². The minimum atomic E-state index is 0.569. The molecule has 1 aromatic rings. The summed E-state index contributed by atoms with van der Waals surface area (Å²) in [6.45, 7) is 2.53. The summed E-state index contributed by atoms with van der Waals surface area (Å²) in [6.07, 6.45) is 8.72. The highest BCUT2D eigenvalue weighted by atomic mass is 15.2. The zero-order valence-corrected chi connectivity index (χ0v) is 10.1. The highest BCUT2D eigenvalue weighted by Gasteiger charge is 2.31. The Morgan fingerprint density at radius 2 is 2.29 bits per heavy atom. The van der Waals surface area contributed by atoms with Gasteiger partial charge in [0.1, 0.15) is 0 Å². The van der Waals surface area contributed by atoms with Gasteiger partial charge in [0.15, 0.2) is 0 Å². The molecule has 92 valence electrons. The number of nitrogens with two attached hydrogens (primary N) is 1. The van der Waals surface area contributed by atoms with E-state index in [-0.39, 0.29) is 0 Å². The molecule has 2 atom stereocenters. The van der Waals surface area contributed by atoms with E-state index >= 15 is 0 Å². The molecule has 4 nitrogen and oxygen atoms in total. The van der Waals surface area contributed by atoms with Gasteiger partial charge >= 0.3 is 0 Å². The first kappa shape index (κ1) is 10.8. The van der Waals surface area contributed by atoms with E-state index in [2.05, 4.69) is 15.2 Å². The smallest absolute Gasteiger partial charge is 0.0736 e. The van der Waals surface area contributed by atoms with E-state index in [4.69, 9.17) is 5.73 Å². The Morgan fingerprint density at radius 3 is 3.18 bits per heavy atom. The first-order valence-electron chi connectivity index (χ1n) is 6.53. The molecule has 3 heterocycles. The largest absolute Gasteiger partial charge is 0.396 e. The van der Waals surface area contributed by atoms with Gasteiger partial charge in [0.25, 0.3) is 0 Å². The summed E-state index contributed by atoms with van der Waals surface area (Å²) in [5, 5.41) is 3.57. The molecule has 2 aliphatic rings. The van der Waals surface area contributed by atoms with Crippen LogP contribution >= 0.6 is 0 Å². The molecule has 0 saturated carbocycles. The summed E-state index contributed by atoms with van der Waals surface area (Å²) in [5.41, 5.74) is 7.70. The second-order valence-electron chi connectivity index (χ2n) is 5.16. The zero-order chi connectivity index (χ0) is 11.7. The summed E-state index contributed by atoms with van der Waals surface area (Å²) in [5.74, 6) is 0. The summed E-state index contributed by atoms with van der Waals surface area (Å²) in [7, 11) is 0. The highest BCUT2D eigenvalue weighted by Crippen LogP contribution is 2.29. The number of fused-ring (bicyclic) bond motifs is 1. The number of nitrogen functional groups attached to an aromatic ring is 1. The molecule has 0 aromatic carbocycles. The minimum absolute atomic E-state index is 0.569. The molecule has 0 spiro atoms. The lowest BCUT2D eigenvalue weighted by molar-refractivity contribution is 0.188. The molecule has 2 fully saturated rings. The Kier molecular flexibility index (Phi) is 2.89. The first-order chi connectivity index (χ1) is 8.33. The number of rotatable bonds is 2. The van der Waals surface area contributed by atoms with Crippen LogP contribution in [0.15, 0.2) is 18.5 Å². The molecule has 3 rings (SSSR count). The average molecular weight is 232 g/mol. The van der Waals surface area contributed by atoms with Crippen molar-refractivity contribution in [1.29, 1.82) is 0 Å². The van der Waals surface area contributed by atoms with Crippen LogP contribution in [0.2, 0.25) is 0 Å². The molecule has 1 aromatic heterocycles. The van der Waals surface area contributed by atoms with Crippen LogP contribution in [0, 0.1) is 0 Å². The fourth-order valence-electron chi connectivity index (χ4n) is 3.11. The van der Waals surface area contributed by atoms with Gasteiger partial charge in [-0.15, -0.1) is 0 Å². The Balaban J connectivity index is 1.64. The number of nitrogens with one attached hydrogen (secondary N) is 1. The van der Waals surface area contributed by atoms with Crippen LogP contribution in [0.1, 0.15) is 25.7 Å². The maximum Gasteiger partial charge on any atom is 0.0736 e. The molecule has 3 N–H and O–H groups in total. The second kappa shape index (κ2) is 4.53. The van der Waals surface area contributed by atoms with Crippen LogP contribution in [0.25, 0.3) is 0 Å². The minimum Gasteiger partial charge on any atom is -0.396 e. The van der Waals surface area contributed by atoms with E-state index in [1.165, 1.54) is 38.8 Å². The molecule has 4 heteroatoms. The lowest BCUT2D eigenvalue weighted by Crippen LogP contribution is -2.42. The number of pyridine rings is 1. The number of anilines is 2. The van der Waals surface area contributed by atoms with Gasteiger partial charge in [-0.2, -0.15) is 0 Å². The Morgan fingerprint density at radius 1 is 1.35 bits per heavy atom. The van der Waals surface area contributed by atoms with Crippen molar-refractivity contribution in [1.82, 2.24) is 9.88 Å². The molecular weight excluding hydrogens is 212 g/mol. The quantitative estimate of drug-likeness (QED) is 0.815. The van der Waals surface area contributed by atoms with Gasteiger partial charge in [-0.05, 0) is 38.3 Å². The Bertz CT molecular complexity index is 393. The van der Waals surface area contributed by atoms with Crippen LogP contribution in [0.3, 0.4) is 0 Å². The maximum absolute atomic E-state index is 5.91. The van der Waals surface area contributed by atoms with E-state index in [1.54, 1.807) is 12.4 Å². The van der Waals surface area contributed by atoms with Crippen LogP contribution in [-0.2, 0) is 0 Å². The SMILES string of the molecule is Nc1cnccc1NC1CCN2CCCC2C1. The molecular formula is C13H20N4. The number of aromatic nitrogens is 1. The average Bonchev–Trinajstić information content (AvgIpc) is 2.79. The van der Waals surface area contributed by atoms with Gasteiger partial charge < -0.3 is 16.0 Å². The second-order valence-corrected chi connectivity index (χ2v) is 5.16. The summed E-state index contributed by atoms with van der Waals surface area (Å²) >= 11 is 0. The summed E-state index contributed by atoms with van der Waals surface area (Å²) in [4.78, 5) is 6.65. The van der Waals surface area contributed by atoms with Crippen LogP contribution in [-0.4, -0.2) is 35.1 Å². The fourth-order valence-corrected chi connectivity index (χ4v) is 3.11. The number of nitrogens with zero attached hydrogens (tertiary/aromatic N) is 2.